The summed E-state index contributed by atoms with van der Waals surface area (Å²) < 4.78 is 7.64. The van der Waals surface area contributed by atoms with Crippen LogP contribution in [-0.4, -0.2) is 45.7 Å². The van der Waals surface area contributed by atoms with E-state index in [4.69, 9.17) is 4.74 Å². The van der Waals surface area contributed by atoms with E-state index in [0.29, 0.717) is 38.2 Å². The van der Waals surface area contributed by atoms with Gasteiger partial charge < -0.3 is 15.0 Å². The van der Waals surface area contributed by atoms with Crippen LogP contribution in [-0.2, 0) is 31.2 Å². The van der Waals surface area contributed by atoms with Crippen molar-refractivity contribution in [3.63, 3.8) is 0 Å². The van der Waals surface area contributed by atoms with E-state index in [1.165, 1.54) is 12.8 Å². The number of ether oxygens (including phenoxy) is 1. The number of aryl methyl sites for hydroxylation is 1. The largest absolute Gasteiger partial charge is 0.492 e. The number of nitrogens with one attached hydrogen (secondary N) is 1. The highest BCUT2D eigenvalue weighted by atomic mass is 16.5. The van der Waals surface area contributed by atoms with Gasteiger partial charge in [0, 0.05) is 43.9 Å². The maximum absolute atomic E-state index is 13.3. The van der Waals surface area contributed by atoms with Gasteiger partial charge in [-0.25, -0.2) is 0 Å². The number of aromatic nitrogens is 2. The lowest BCUT2D eigenvalue weighted by Crippen LogP contribution is -2.43. The molecule has 1 atom stereocenters. The molecule has 0 radical (unpaired) electrons. The molecule has 1 N–H and O–H groups in total. The Labute approximate surface area is 176 Å². The summed E-state index contributed by atoms with van der Waals surface area (Å²) in [6, 6.07) is 8.15. The van der Waals surface area contributed by atoms with E-state index < -0.39 is 0 Å². The molecule has 2 amide bonds. The molecule has 1 fully saturated rings. The van der Waals surface area contributed by atoms with Crippen molar-refractivity contribution in [3.05, 3.63) is 46.8 Å². The van der Waals surface area contributed by atoms with Gasteiger partial charge in [0.1, 0.15) is 12.4 Å². The first-order chi connectivity index (χ1) is 14.6. The maximum Gasteiger partial charge on any atom is 0.272 e. The average Bonchev–Trinajstić information content (AvgIpc) is 3.40. The number of benzene rings is 1. The molecule has 0 spiro atoms. The summed E-state index contributed by atoms with van der Waals surface area (Å²) in [7, 11) is 1.88. The average molecular weight is 409 g/mol. The molecule has 1 saturated carbocycles. The molecule has 1 aromatic heterocycles. The highest BCUT2D eigenvalue weighted by Gasteiger charge is 2.34. The second-order valence-corrected chi connectivity index (χ2v) is 8.68. The third-order valence-corrected chi connectivity index (χ3v) is 6.69. The van der Waals surface area contributed by atoms with Crippen molar-refractivity contribution in [1.29, 1.82) is 0 Å². The summed E-state index contributed by atoms with van der Waals surface area (Å²) in [6.45, 7) is 1.49. The van der Waals surface area contributed by atoms with Crippen LogP contribution in [0.1, 0.15) is 53.0 Å². The SMILES string of the molecule is Cn1nc(C(=O)NC2CCCC2)c2c1CCN(C(=O)C1COc3ccccc3C1)C2. The number of hydrogen-bond donors (Lipinski definition) is 1. The number of fused-ring (bicyclic) bond motifs is 2. The Kier molecular flexibility index (Phi) is 4.97. The minimum atomic E-state index is -0.186. The molecule has 5 rings (SSSR count). The molecule has 7 nitrogen and oxygen atoms in total. The number of amides is 2. The van der Waals surface area contributed by atoms with Gasteiger partial charge in [-0.05, 0) is 30.9 Å². The Hall–Kier alpha value is -2.83. The van der Waals surface area contributed by atoms with E-state index >= 15 is 0 Å². The Morgan fingerprint density at radius 2 is 2.00 bits per heavy atom. The van der Waals surface area contributed by atoms with Gasteiger partial charge in [0.05, 0.1) is 5.92 Å². The fraction of sp³-hybridized carbons (Fsp3) is 0.522. The summed E-state index contributed by atoms with van der Waals surface area (Å²) in [6.07, 6.45) is 5.81. The van der Waals surface area contributed by atoms with Crippen LogP contribution in [0.4, 0.5) is 0 Å². The van der Waals surface area contributed by atoms with E-state index in [2.05, 4.69) is 10.4 Å². The van der Waals surface area contributed by atoms with Crippen molar-refractivity contribution in [1.82, 2.24) is 20.0 Å². The normalized spacial score (nSPS) is 21.0. The molecule has 2 aliphatic heterocycles. The van der Waals surface area contributed by atoms with Gasteiger partial charge >= 0.3 is 0 Å². The minimum Gasteiger partial charge on any atom is -0.492 e. The molecule has 30 heavy (non-hydrogen) atoms. The molecule has 3 heterocycles. The third kappa shape index (κ3) is 3.46. The predicted molar refractivity (Wildman–Crippen MR) is 111 cm³/mol. The number of rotatable bonds is 3. The fourth-order valence-corrected chi connectivity index (χ4v) is 5.03. The van der Waals surface area contributed by atoms with Gasteiger partial charge in [0.15, 0.2) is 5.69 Å². The molecular weight excluding hydrogens is 380 g/mol. The van der Waals surface area contributed by atoms with E-state index in [1.807, 2.05) is 36.2 Å². The van der Waals surface area contributed by atoms with E-state index in [9.17, 15) is 9.59 Å². The van der Waals surface area contributed by atoms with Gasteiger partial charge in [0.25, 0.3) is 5.91 Å². The van der Waals surface area contributed by atoms with Crippen LogP contribution in [0.15, 0.2) is 24.3 Å². The van der Waals surface area contributed by atoms with Crippen molar-refractivity contribution in [3.8, 4) is 5.75 Å². The second kappa shape index (κ2) is 7.78. The summed E-state index contributed by atoms with van der Waals surface area (Å²) in [5.74, 6) is 0.679. The Morgan fingerprint density at radius 1 is 1.20 bits per heavy atom. The molecule has 2 aromatic rings. The van der Waals surface area contributed by atoms with Gasteiger partial charge in [-0.15, -0.1) is 0 Å². The third-order valence-electron chi connectivity index (χ3n) is 6.69. The number of para-hydroxylation sites is 1. The fourth-order valence-electron chi connectivity index (χ4n) is 5.03. The van der Waals surface area contributed by atoms with Gasteiger partial charge in [-0.1, -0.05) is 31.0 Å². The quantitative estimate of drug-likeness (QED) is 0.845. The van der Waals surface area contributed by atoms with Crippen LogP contribution < -0.4 is 10.1 Å². The van der Waals surface area contributed by atoms with Crippen LogP contribution in [0.5, 0.6) is 5.75 Å². The number of carbonyl (C=O) groups is 2. The van der Waals surface area contributed by atoms with Crippen molar-refractivity contribution in [2.24, 2.45) is 13.0 Å². The molecule has 3 aliphatic rings. The first-order valence-electron chi connectivity index (χ1n) is 10.9. The Bertz CT molecular complexity index is 977. The smallest absolute Gasteiger partial charge is 0.272 e. The molecule has 158 valence electrons. The van der Waals surface area contributed by atoms with Crippen LogP contribution >= 0.6 is 0 Å². The summed E-state index contributed by atoms with van der Waals surface area (Å²) in [4.78, 5) is 28.0. The van der Waals surface area contributed by atoms with Crippen LogP contribution in [0, 0.1) is 5.92 Å². The van der Waals surface area contributed by atoms with Gasteiger partial charge in [0.2, 0.25) is 5.91 Å². The molecular formula is C23H28N4O3. The van der Waals surface area contributed by atoms with Crippen LogP contribution in [0.3, 0.4) is 0 Å². The Morgan fingerprint density at radius 3 is 2.83 bits per heavy atom. The molecule has 0 bridgehead atoms. The zero-order valence-corrected chi connectivity index (χ0v) is 17.4. The van der Waals surface area contributed by atoms with Gasteiger partial charge in [-0.3, -0.25) is 14.3 Å². The Balaban J connectivity index is 1.32. The van der Waals surface area contributed by atoms with Crippen molar-refractivity contribution < 1.29 is 14.3 Å². The van der Waals surface area contributed by atoms with Crippen molar-refractivity contribution >= 4 is 11.8 Å². The maximum atomic E-state index is 13.3. The van der Waals surface area contributed by atoms with E-state index in [-0.39, 0.29) is 23.8 Å². The first-order valence-corrected chi connectivity index (χ1v) is 10.9. The van der Waals surface area contributed by atoms with Crippen molar-refractivity contribution in [2.75, 3.05) is 13.2 Å². The minimum absolute atomic E-state index is 0.0983. The summed E-state index contributed by atoms with van der Waals surface area (Å²) in [5, 5.41) is 7.65. The molecule has 0 saturated heterocycles. The summed E-state index contributed by atoms with van der Waals surface area (Å²) >= 11 is 0. The number of nitrogens with zero attached hydrogens (tertiary/aromatic N) is 3. The topological polar surface area (TPSA) is 76.5 Å². The van der Waals surface area contributed by atoms with Crippen LogP contribution in [0.2, 0.25) is 0 Å². The molecule has 7 heteroatoms. The zero-order valence-electron chi connectivity index (χ0n) is 17.4. The zero-order chi connectivity index (χ0) is 20.7. The lowest BCUT2D eigenvalue weighted by atomic mass is 9.94. The number of carbonyl (C=O) groups excluding carboxylic acids is 2. The second-order valence-electron chi connectivity index (χ2n) is 8.68. The summed E-state index contributed by atoms with van der Waals surface area (Å²) in [5.41, 5.74) is 3.51. The monoisotopic (exact) mass is 408 g/mol. The highest BCUT2D eigenvalue weighted by Crippen LogP contribution is 2.30. The van der Waals surface area contributed by atoms with E-state index in [1.54, 1.807) is 4.68 Å². The van der Waals surface area contributed by atoms with Gasteiger partial charge in [-0.2, -0.15) is 5.10 Å². The lowest BCUT2D eigenvalue weighted by molar-refractivity contribution is -0.137. The lowest BCUT2D eigenvalue weighted by Gasteiger charge is -2.33. The molecule has 1 unspecified atom stereocenters. The standard InChI is InChI=1S/C23H28N4O3/c1-26-19-10-11-27(23(29)16-12-15-6-2-5-9-20(15)30-14-16)13-18(19)21(25-26)22(28)24-17-7-3-4-8-17/h2,5-6,9,16-17H,3-4,7-8,10-14H2,1H3,(H,24,28). The van der Waals surface area contributed by atoms with Crippen molar-refractivity contribution in [2.45, 2.75) is 51.1 Å². The molecule has 1 aromatic carbocycles. The first kappa shape index (κ1) is 19.2. The predicted octanol–water partition coefficient (Wildman–Crippen LogP) is 2.23. The van der Waals surface area contributed by atoms with E-state index in [0.717, 1.165) is 35.4 Å². The molecule has 1 aliphatic carbocycles. The number of hydrogen-bond acceptors (Lipinski definition) is 4. The highest BCUT2D eigenvalue weighted by molar-refractivity contribution is 5.94. The van der Waals surface area contributed by atoms with Crippen LogP contribution in [0.25, 0.3) is 0 Å².